The summed E-state index contributed by atoms with van der Waals surface area (Å²) in [7, 11) is 0. The maximum absolute atomic E-state index is 6.24. The first kappa shape index (κ1) is 14.5. The van der Waals surface area contributed by atoms with E-state index in [1.54, 1.807) is 0 Å². The lowest BCUT2D eigenvalue weighted by Gasteiger charge is -2.18. The van der Waals surface area contributed by atoms with Crippen LogP contribution in [0.2, 0.25) is 5.02 Å². The highest BCUT2D eigenvalue weighted by Gasteiger charge is 2.10. The molecule has 1 atom stereocenters. The third kappa shape index (κ3) is 5.07. The van der Waals surface area contributed by atoms with Crippen LogP contribution in [0, 0.1) is 6.92 Å². The minimum absolute atomic E-state index is 0.333. The van der Waals surface area contributed by atoms with Crippen molar-refractivity contribution in [1.82, 2.24) is 5.32 Å². The topological polar surface area (TPSA) is 21.3 Å². The summed E-state index contributed by atoms with van der Waals surface area (Å²) in [6.45, 7) is 8.61. The molecule has 3 heteroatoms. The van der Waals surface area contributed by atoms with Gasteiger partial charge < -0.3 is 10.1 Å². The molecule has 0 radical (unpaired) electrons. The van der Waals surface area contributed by atoms with Gasteiger partial charge in [-0.2, -0.15) is 0 Å². The van der Waals surface area contributed by atoms with Crippen LogP contribution in [-0.4, -0.2) is 25.8 Å². The Hall–Kier alpha value is -0.570. The average molecular weight is 256 g/mol. The van der Waals surface area contributed by atoms with E-state index in [-0.39, 0.29) is 0 Å². The molecule has 1 N–H and O–H groups in total. The minimum Gasteiger partial charge on any atom is -0.380 e. The second-order valence-corrected chi connectivity index (χ2v) is 4.62. The summed E-state index contributed by atoms with van der Waals surface area (Å²) in [6.07, 6.45) is 0.910. The number of ether oxygens (including phenoxy) is 1. The predicted molar refractivity (Wildman–Crippen MR) is 73.9 cm³/mol. The highest BCUT2D eigenvalue weighted by molar-refractivity contribution is 6.31. The second-order valence-electron chi connectivity index (χ2n) is 4.21. The molecule has 0 amide bonds. The van der Waals surface area contributed by atoms with Crippen LogP contribution in [0.5, 0.6) is 0 Å². The van der Waals surface area contributed by atoms with Crippen molar-refractivity contribution >= 4 is 11.6 Å². The van der Waals surface area contributed by atoms with Gasteiger partial charge in [0, 0.05) is 17.7 Å². The molecule has 1 aromatic carbocycles. The van der Waals surface area contributed by atoms with Gasteiger partial charge >= 0.3 is 0 Å². The number of likely N-dealkylation sites (N-methyl/N-ethyl adjacent to an activating group) is 1. The van der Waals surface area contributed by atoms with Gasteiger partial charge in [-0.15, -0.1) is 0 Å². The van der Waals surface area contributed by atoms with E-state index in [0.29, 0.717) is 6.04 Å². The average Bonchev–Trinajstić information content (AvgIpc) is 2.29. The zero-order valence-electron chi connectivity index (χ0n) is 10.9. The zero-order chi connectivity index (χ0) is 12.7. The second kappa shape index (κ2) is 7.70. The van der Waals surface area contributed by atoms with Crippen LogP contribution in [0.25, 0.3) is 0 Å². The SMILES string of the molecule is CCNC(COCC)Cc1ccc(C)cc1Cl. The molecule has 1 aromatic rings. The van der Waals surface area contributed by atoms with E-state index in [1.165, 1.54) is 11.1 Å². The van der Waals surface area contributed by atoms with Gasteiger partial charge in [0.1, 0.15) is 0 Å². The largest absolute Gasteiger partial charge is 0.380 e. The Morgan fingerprint density at radius 2 is 2.12 bits per heavy atom. The molecule has 0 fully saturated rings. The molecular formula is C14H22ClNO. The van der Waals surface area contributed by atoms with Crippen LogP contribution in [0.15, 0.2) is 18.2 Å². The molecular weight excluding hydrogens is 234 g/mol. The van der Waals surface area contributed by atoms with Crippen molar-refractivity contribution in [3.8, 4) is 0 Å². The molecule has 0 saturated heterocycles. The summed E-state index contributed by atoms with van der Waals surface area (Å²) in [5.74, 6) is 0. The van der Waals surface area contributed by atoms with Crippen LogP contribution in [-0.2, 0) is 11.2 Å². The molecule has 0 aliphatic carbocycles. The van der Waals surface area contributed by atoms with Crippen molar-refractivity contribution in [2.75, 3.05) is 19.8 Å². The van der Waals surface area contributed by atoms with Crippen molar-refractivity contribution in [3.63, 3.8) is 0 Å². The fourth-order valence-corrected chi connectivity index (χ4v) is 2.13. The number of halogens is 1. The van der Waals surface area contributed by atoms with E-state index < -0.39 is 0 Å². The molecule has 0 saturated carbocycles. The third-order valence-corrected chi connectivity index (χ3v) is 3.04. The van der Waals surface area contributed by atoms with E-state index in [2.05, 4.69) is 31.3 Å². The highest BCUT2D eigenvalue weighted by Crippen LogP contribution is 2.19. The summed E-state index contributed by atoms with van der Waals surface area (Å²) in [4.78, 5) is 0. The van der Waals surface area contributed by atoms with Gasteiger partial charge in [0.05, 0.1) is 6.61 Å². The van der Waals surface area contributed by atoms with Crippen molar-refractivity contribution in [2.45, 2.75) is 33.2 Å². The van der Waals surface area contributed by atoms with Gasteiger partial charge in [-0.1, -0.05) is 30.7 Å². The van der Waals surface area contributed by atoms with Gasteiger partial charge in [0.2, 0.25) is 0 Å². The lowest BCUT2D eigenvalue weighted by Crippen LogP contribution is -2.35. The van der Waals surface area contributed by atoms with Crippen molar-refractivity contribution in [3.05, 3.63) is 34.3 Å². The minimum atomic E-state index is 0.333. The molecule has 1 rings (SSSR count). The smallest absolute Gasteiger partial charge is 0.0622 e. The van der Waals surface area contributed by atoms with Gasteiger partial charge in [-0.05, 0) is 44.0 Å². The van der Waals surface area contributed by atoms with Gasteiger partial charge in [-0.25, -0.2) is 0 Å². The molecule has 0 bridgehead atoms. The lowest BCUT2D eigenvalue weighted by atomic mass is 10.0. The van der Waals surface area contributed by atoms with Crippen molar-refractivity contribution < 1.29 is 4.74 Å². The Balaban J connectivity index is 2.64. The first-order valence-corrected chi connectivity index (χ1v) is 6.61. The molecule has 0 heterocycles. The summed E-state index contributed by atoms with van der Waals surface area (Å²) in [6, 6.07) is 6.56. The summed E-state index contributed by atoms with van der Waals surface area (Å²) < 4.78 is 5.48. The number of rotatable bonds is 7. The Bertz CT molecular complexity index is 341. The first-order valence-electron chi connectivity index (χ1n) is 6.23. The van der Waals surface area contributed by atoms with Gasteiger partial charge in [0.25, 0.3) is 0 Å². The van der Waals surface area contributed by atoms with Crippen LogP contribution < -0.4 is 5.32 Å². The van der Waals surface area contributed by atoms with Gasteiger partial charge in [0.15, 0.2) is 0 Å². The molecule has 0 aromatic heterocycles. The summed E-state index contributed by atoms with van der Waals surface area (Å²) in [5, 5.41) is 4.28. The van der Waals surface area contributed by atoms with E-state index in [4.69, 9.17) is 16.3 Å². The quantitative estimate of drug-likeness (QED) is 0.808. The third-order valence-electron chi connectivity index (χ3n) is 2.69. The molecule has 0 spiro atoms. The number of aryl methyl sites for hydroxylation is 1. The van der Waals surface area contributed by atoms with Crippen molar-refractivity contribution in [1.29, 1.82) is 0 Å². The summed E-state index contributed by atoms with van der Waals surface area (Å²) in [5.41, 5.74) is 2.38. The molecule has 0 aliphatic rings. The zero-order valence-corrected chi connectivity index (χ0v) is 11.7. The fourth-order valence-electron chi connectivity index (χ4n) is 1.82. The molecule has 0 aliphatic heterocycles. The normalized spacial score (nSPS) is 12.7. The number of hydrogen-bond acceptors (Lipinski definition) is 2. The van der Waals surface area contributed by atoms with Crippen LogP contribution in [0.3, 0.4) is 0 Å². The molecule has 1 unspecified atom stereocenters. The van der Waals surface area contributed by atoms with Crippen LogP contribution in [0.1, 0.15) is 25.0 Å². The highest BCUT2D eigenvalue weighted by atomic mass is 35.5. The maximum atomic E-state index is 6.24. The van der Waals surface area contributed by atoms with E-state index in [0.717, 1.165) is 31.2 Å². The Kier molecular flexibility index (Phi) is 6.56. The van der Waals surface area contributed by atoms with Crippen LogP contribution >= 0.6 is 11.6 Å². The molecule has 2 nitrogen and oxygen atoms in total. The number of nitrogens with one attached hydrogen (secondary N) is 1. The number of hydrogen-bond donors (Lipinski definition) is 1. The fraction of sp³-hybridized carbons (Fsp3) is 0.571. The number of benzene rings is 1. The van der Waals surface area contributed by atoms with Crippen molar-refractivity contribution in [2.24, 2.45) is 0 Å². The first-order chi connectivity index (χ1) is 8.17. The standard InChI is InChI=1S/C14H22ClNO/c1-4-16-13(10-17-5-2)9-12-7-6-11(3)8-14(12)15/h6-8,13,16H,4-5,9-10H2,1-3H3. The Morgan fingerprint density at radius 1 is 1.35 bits per heavy atom. The lowest BCUT2D eigenvalue weighted by molar-refractivity contribution is 0.123. The predicted octanol–water partition coefficient (Wildman–Crippen LogP) is 3.21. The van der Waals surface area contributed by atoms with Gasteiger partial charge in [-0.3, -0.25) is 0 Å². The van der Waals surface area contributed by atoms with E-state index >= 15 is 0 Å². The summed E-state index contributed by atoms with van der Waals surface area (Å²) >= 11 is 6.24. The maximum Gasteiger partial charge on any atom is 0.0622 e. The Labute approximate surface area is 109 Å². The molecule has 96 valence electrons. The van der Waals surface area contributed by atoms with E-state index in [1.807, 2.05) is 13.0 Å². The van der Waals surface area contributed by atoms with E-state index in [9.17, 15) is 0 Å². The molecule has 17 heavy (non-hydrogen) atoms. The monoisotopic (exact) mass is 255 g/mol. The Morgan fingerprint density at radius 3 is 2.71 bits per heavy atom. The van der Waals surface area contributed by atoms with Crippen LogP contribution in [0.4, 0.5) is 0 Å².